The first-order valence-corrected chi connectivity index (χ1v) is 10.8. The van der Waals surface area contributed by atoms with Crippen molar-refractivity contribution in [1.82, 2.24) is 20.1 Å². The van der Waals surface area contributed by atoms with Gasteiger partial charge in [-0.15, -0.1) is 0 Å². The Kier molecular flexibility index (Phi) is 6.39. The predicted molar refractivity (Wildman–Crippen MR) is 120 cm³/mol. The minimum atomic E-state index is -0.176. The maximum atomic E-state index is 13.2. The summed E-state index contributed by atoms with van der Waals surface area (Å²) in [6, 6.07) is 13.0. The van der Waals surface area contributed by atoms with Crippen LogP contribution in [-0.2, 0) is 0 Å². The lowest BCUT2D eigenvalue weighted by Crippen LogP contribution is -2.32. The summed E-state index contributed by atoms with van der Waals surface area (Å²) in [5, 5.41) is 9.10. The van der Waals surface area contributed by atoms with Crippen molar-refractivity contribution in [2.45, 2.75) is 25.9 Å². The van der Waals surface area contributed by atoms with Crippen molar-refractivity contribution in [2.24, 2.45) is 5.92 Å². The summed E-state index contributed by atoms with van der Waals surface area (Å²) in [4.78, 5) is 19.3. The second-order valence-corrected chi connectivity index (χ2v) is 8.63. The van der Waals surface area contributed by atoms with E-state index in [0.717, 1.165) is 5.56 Å². The van der Waals surface area contributed by atoms with Crippen LogP contribution >= 0.6 is 23.2 Å². The van der Waals surface area contributed by atoms with Crippen molar-refractivity contribution in [3.8, 4) is 5.88 Å². The third-order valence-electron chi connectivity index (χ3n) is 5.58. The highest BCUT2D eigenvalue weighted by Crippen LogP contribution is 2.37. The number of rotatable bonds is 5. The van der Waals surface area contributed by atoms with Gasteiger partial charge in [0.05, 0.1) is 22.5 Å². The topological polar surface area (TPSA) is 68.2 Å². The lowest BCUT2D eigenvalue weighted by atomic mass is 9.86. The summed E-state index contributed by atoms with van der Waals surface area (Å²) in [6.45, 7) is 4.97. The highest BCUT2D eigenvalue weighted by molar-refractivity contribution is 6.30. The zero-order valence-corrected chi connectivity index (χ0v) is 18.7. The molecule has 1 aromatic carbocycles. The predicted octanol–water partition coefficient (Wildman–Crippen LogP) is 4.81. The number of pyridine rings is 1. The van der Waals surface area contributed by atoms with E-state index in [9.17, 15) is 4.79 Å². The molecule has 0 saturated carbocycles. The van der Waals surface area contributed by atoms with Crippen LogP contribution in [0.15, 0.2) is 54.9 Å². The molecule has 8 heteroatoms. The van der Waals surface area contributed by atoms with Crippen LogP contribution in [0.2, 0.25) is 10.0 Å². The standard InChI is InChI=1S/C23H22Cl2N4O2/c1-14-9-17(10-27-28-14)23(30)29-12-20(15(2)31-22-8-7-19(25)11-26-22)21(13-29)16-3-5-18(24)6-4-16/h3-11,15,20-21H,12-13H2,1-2H3/t15-,20+,21+/m0/s1. The number of amides is 1. The van der Waals surface area contributed by atoms with Gasteiger partial charge in [-0.05, 0) is 43.7 Å². The highest BCUT2D eigenvalue weighted by Gasteiger charge is 2.40. The van der Waals surface area contributed by atoms with Crippen LogP contribution in [-0.4, -0.2) is 45.2 Å². The number of halogens is 2. The van der Waals surface area contributed by atoms with Crippen LogP contribution < -0.4 is 4.74 Å². The van der Waals surface area contributed by atoms with E-state index in [1.807, 2.05) is 43.0 Å². The smallest absolute Gasteiger partial charge is 0.255 e. The number of benzene rings is 1. The Balaban J connectivity index is 1.59. The second kappa shape index (κ2) is 9.20. The Bertz CT molecular complexity index is 1060. The van der Waals surface area contributed by atoms with Gasteiger partial charge in [0.25, 0.3) is 5.91 Å². The minimum Gasteiger partial charge on any atom is -0.474 e. The zero-order chi connectivity index (χ0) is 22.0. The molecule has 1 aliphatic heterocycles. The maximum Gasteiger partial charge on any atom is 0.255 e. The van der Waals surface area contributed by atoms with Crippen LogP contribution in [0.5, 0.6) is 5.88 Å². The Morgan fingerprint density at radius 3 is 2.52 bits per heavy atom. The molecule has 160 valence electrons. The normalized spacial score (nSPS) is 19.3. The number of nitrogens with zero attached hydrogens (tertiary/aromatic N) is 4. The van der Waals surface area contributed by atoms with E-state index in [1.165, 1.54) is 6.20 Å². The third-order valence-corrected chi connectivity index (χ3v) is 6.06. The third kappa shape index (κ3) is 4.97. The molecule has 1 aliphatic rings. The molecule has 0 unspecified atom stereocenters. The molecule has 1 amide bonds. The second-order valence-electron chi connectivity index (χ2n) is 7.76. The fourth-order valence-electron chi connectivity index (χ4n) is 4.02. The number of aryl methyl sites for hydroxylation is 1. The lowest BCUT2D eigenvalue weighted by molar-refractivity contribution is 0.0769. The molecule has 2 aromatic heterocycles. The van der Waals surface area contributed by atoms with Crippen LogP contribution in [0.4, 0.5) is 0 Å². The van der Waals surface area contributed by atoms with Gasteiger partial charge >= 0.3 is 0 Å². The molecule has 3 heterocycles. The molecule has 3 aromatic rings. The first-order chi connectivity index (χ1) is 14.9. The van der Waals surface area contributed by atoms with Crippen LogP contribution in [0.1, 0.15) is 34.5 Å². The molecule has 31 heavy (non-hydrogen) atoms. The first-order valence-electron chi connectivity index (χ1n) is 10.0. The molecule has 0 N–H and O–H groups in total. The minimum absolute atomic E-state index is 0.0590. The summed E-state index contributed by atoms with van der Waals surface area (Å²) >= 11 is 12.0. The Morgan fingerprint density at radius 2 is 1.84 bits per heavy atom. The first kappa shape index (κ1) is 21.5. The van der Waals surface area contributed by atoms with Gasteiger partial charge in [0.1, 0.15) is 6.10 Å². The van der Waals surface area contributed by atoms with Crippen molar-refractivity contribution < 1.29 is 9.53 Å². The molecule has 1 fully saturated rings. The van der Waals surface area contributed by atoms with Gasteiger partial charge in [0, 0.05) is 42.2 Å². The molecule has 0 spiro atoms. The number of hydrogen-bond donors (Lipinski definition) is 0. The largest absolute Gasteiger partial charge is 0.474 e. The zero-order valence-electron chi connectivity index (χ0n) is 17.2. The number of aromatic nitrogens is 3. The summed E-state index contributed by atoms with van der Waals surface area (Å²) in [5.41, 5.74) is 2.37. The van der Waals surface area contributed by atoms with Crippen molar-refractivity contribution in [3.05, 3.63) is 81.7 Å². The Morgan fingerprint density at radius 1 is 1.10 bits per heavy atom. The van der Waals surface area contributed by atoms with Crippen LogP contribution in [0.25, 0.3) is 0 Å². The van der Waals surface area contributed by atoms with Gasteiger partial charge < -0.3 is 9.64 Å². The molecule has 4 rings (SSSR count). The van der Waals surface area contributed by atoms with E-state index in [-0.39, 0.29) is 23.8 Å². The van der Waals surface area contributed by atoms with E-state index in [2.05, 4.69) is 15.2 Å². The van der Waals surface area contributed by atoms with Gasteiger partial charge in [-0.3, -0.25) is 4.79 Å². The number of carbonyl (C=O) groups is 1. The average molecular weight is 457 g/mol. The van der Waals surface area contributed by atoms with E-state index in [4.69, 9.17) is 27.9 Å². The molecule has 0 bridgehead atoms. The average Bonchev–Trinajstić information content (AvgIpc) is 3.21. The number of hydrogen-bond acceptors (Lipinski definition) is 5. The highest BCUT2D eigenvalue weighted by atomic mass is 35.5. The SMILES string of the molecule is Cc1cc(C(=O)N2C[C@H]([C@H](C)Oc3ccc(Cl)cn3)[C@@H](c3ccc(Cl)cc3)C2)cnn1. The van der Waals surface area contributed by atoms with Crippen LogP contribution in [0, 0.1) is 12.8 Å². The van der Waals surface area contributed by atoms with Crippen LogP contribution in [0.3, 0.4) is 0 Å². The summed E-state index contributed by atoms with van der Waals surface area (Å²) in [6.07, 6.45) is 2.89. The molecular formula is C23H22Cl2N4O2. The Hall–Kier alpha value is -2.70. The fourth-order valence-corrected chi connectivity index (χ4v) is 4.25. The fraction of sp³-hybridized carbons (Fsp3) is 0.304. The summed E-state index contributed by atoms with van der Waals surface area (Å²) in [7, 11) is 0. The number of likely N-dealkylation sites (tertiary alicyclic amines) is 1. The van der Waals surface area contributed by atoms with Crippen molar-refractivity contribution >= 4 is 29.1 Å². The molecule has 1 saturated heterocycles. The molecule has 3 atom stereocenters. The molecule has 6 nitrogen and oxygen atoms in total. The Labute approximate surface area is 191 Å². The van der Waals surface area contributed by atoms with Gasteiger partial charge in [0.2, 0.25) is 5.88 Å². The monoisotopic (exact) mass is 456 g/mol. The summed E-state index contributed by atoms with van der Waals surface area (Å²) in [5.74, 6) is 0.611. The van der Waals surface area contributed by atoms with Gasteiger partial charge in [-0.2, -0.15) is 10.2 Å². The molecule has 0 aliphatic carbocycles. The van der Waals surface area contributed by atoms with Gasteiger partial charge in [-0.25, -0.2) is 4.98 Å². The van der Waals surface area contributed by atoms with Crippen molar-refractivity contribution in [3.63, 3.8) is 0 Å². The quantitative estimate of drug-likeness (QED) is 0.550. The molecular weight excluding hydrogens is 435 g/mol. The lowest BCUT2D eigenvalue weighted by Gasteiger charge is -2.25. The maximum absolute atomic E-state index is 13.2. The van der Waals surface area contributed by atoms with Crippen molar-refractivity contribution in [1.29, 1.82) is 0 Å². The van der Waals surface area contributed by atoms with E-state index >= 15 is 0 Å². The van der Waals surface area contributed by atoms with Crippen molar-refractivity contribution in [2.75, 3.05) is 13.1 Å². The van der Waals surface area contributed by atoms with Gasteiger partial charge in [-0.1, -0.05) is 35.3 Å². The van der Waals surface area contributed by atoms with E-state index in [1.54, 1.807) is 24.4 Å². The number of ether oxygens (including phenoxy) is 1. The molecule has 0 radical (unpaired) electrons. The summed E-state index contributed by atoms with van der Waals surface area (Å²) < 4.78 is 6.13. The van der Waals surface area contributed by atoms with Gasteiger partial charge in [0.15, 0.2) is 0 Å². The van der Waals surface area contributed by atoms with E-state index in [0.29, 0.717) is 40.3 Å². The number of carbonyl (C=O) groups excluding carboxylic acids is 1. The van der Waals surface area contributed by atoms with E-state index < -0.39 is 0 Å².